The number of carbonyl (C=O) groups excluding carboxylic acids is 2. The lowest BCUT2D eigenvalue weighted by Crippen LogP contribution is -2.25. The van der Waals surface area contributed by atoms with Gasteiger partial charge in [0.15, 0.2) is 11.3 Å². The maximum Gasteiger partial charge on any atom is 0.274 e. The van der Waals surface area contributed by atoms with Crippen LogP contribution in [0.5, 0.6) is 0 Å². The van der Waals surface area contributed by atoms with Crippen molar-refractivity contribution in [2.45, 2.75) is 6.54 Å². The molecule has 7 heteroatoms. The van der Waals surface area contributed by atoms with Gasteiger partial charge in [0.1, 0.15) is 0 Å². The third-order valence-electron chi connectivity index (χ3n) is 3.40. The lowest BCUT2D eigenvalue weighted by Gasteiger charge is -2.07. The molecule has 0 aliphatic rings. The van der Waals surface area contributed by atoms with Gasteiger partial charge in [0, 0.05) is 43.9 Å². The number of carbonyl (C=O) groups is 2. The van der Waals surface area contributed by atoms with Crippen LogP contribution in [-0.4, -0.2) is 33.2 Å². The molecule has 2 heterocycles. The van der Waals surface area contributed by atoms with Gasteiger partial charge in [0.2, 0.25) is 0 Å². The van der Waals surface area contributed by atoms with E-state index in [0.717, 1.165) is 5.56 Å². The minimum absolute atomic E-state index is 0.165. The summed E-state index contributed by atoms with van der Waals surface area (Å²) in [5, 5.41) is 5.36. The first kappa shape index (κ1) is 14.7. The molecule has 2 N–H and O–H groups in total. The minimum Gasteiger partial charge on any atom is -0.355 e. The molecule has 23 heavy (non-hydrogen) atoms. The van der Waals surface area contributed by atoms with Crippen molar-refractivity contribution in [1.29, 1.82) is 0 Å². The van der Waals surface area contributed by atoms with Crippen LogP contribution in [0.25, 0.3) is 5.65 Å². The van der Waals surface area contributed by atoms with Gasteiger partial charge in [-0.3, -0.25) is 9.59 Å². The van der Waals surface area contributed by atoms with Crippen LogP contribution in [0, 0.1) is 0 Å². The zero-order valence-electron chi connectivity index (χ0n) is 12.5. The van der Waals surface area contributed by atoms with Gasteiger partial charge in [-0.25, -0.2) is 9.97 Å². The van der Waals surface area contributed by atoms with Crippen LogP contribution < -0.4 is 10.6 Å². The number of imidazole rings is 1. The van der Waals surface area contributed by atoms with E-state index in [4.69, 9.17) is 0 Å². The summed E-state index contributed by atoms with van der Waals surface area (Å²) < 4.78 is 1.73. The van der Waals surface area contributed by atoms with Crippen molar-refractivity contribution in [3.8, 4) is 0 Å². The molecular formula is C16H15N5O2. The number of amides is 2. The predicted molar refractivity (Wildman–Crippen MR) is 84.0 cm³/mol. The fourth-order valence-electron chi connectivity index (χ4n) is 2.25. The topological polar surface area (TPSA) is 88.4 Å². The van der Waals surface area contributed by atoms with Gasteiger partial charge in [0.05, 0.1) is 0 Å². The fraction of sp³-hybridized carbons (Fsp3) is 0.125. The summed E-state index contributed by atoms with van der Waals surface area (Å²) in [7, 11) is 1.58. The molecule has 0 saturated carbocycles. The fourth-order valence-corrected chi connectivity index (χ4v) is 2.25. The van der Waals surface area contributed by atoms with Crippen LogP contribution in [0.15, 0.2) is 49.1 Å². The zero-order valence-corrected chi connectivity index (χ0v) is 12.5. The number of nitrogens with zero attached hydrogens (tertiary/aromatic N) is 3. The molecule has 0 fully saturated rings. The molecule has 0 atom stereocenters. The van der Waals surface area contributed by atoms with Crippen LogP contribution in [0.1, 0.15) is 26.4 Å². The Kier molecular flexibility index (Phi) is 4.01. The Bertz CT molecular complexity index is 872. The van der Waals surface area contributed by atoms with E-state index < -0.39 is 0 Å². The normalized spacial score (nSPS) is 10.5. The Morgan fingerprint density at radius 1 is 1.13 bits per heavy atom. The van der Waals surface area contributed by atoms with E-state index in [9.17, 15) is 9.59 Å². The molecule has 116 valence electrons. The van der Waals surface area contributed by atoms with E-state index in [1.165, 1.54) is 0 Å². The van der Waals surface area contributed by atoms with Crippen LogP contribution >= 0.6 is 0 Å². The number of aromatic nitrogens is 3. The van der Waals surface area contributed by atoms with E-state index in [1.54, 1.807) is 54.4 Å². The van der Waals surface area contributed by atoms with Gasteiger partial charge < -0.3 is 15.0 Å². The second-order valence-electron chi connectivity index (χ2n) is 4.90. The monoisotopic (exact) mass is 309 g/mol. The summed E-state index contributed by atoms with van der Waals surface area (Å²) in [5.41, 5.74) is 2.14. The molecule has 1 aromatic carbocycles. The van der Waals surface area contributed by atoms with E-state index in [2.05, 4.69) is 20.6 Å². The van der Waals surface area contributed by atoms with E-state index in [1.807, 2.05) is 6.07 Å². The maximum absolute atomic E-state index is 12.3. The summed E-state index contributed by atoms with van der Waals surface area (Å²) in [5.74, 6) is -0.478. The van der Waals surface area contributed by atoms with Gasteiger partial charge in [-0.15, -0.1) is 0 Å². The van der Waals surface area contributed by atoms with Crippen molar-refractivity contribution < 1.29 is 9.59 Å². The molecule has 0 unspecified atom stereocenters. The summed E-state index contributed by atoms with van der Waals surface area (Å²) in [6.07, 6.45) is 6.64. The molecule has 7 nitrogen and oxygen atoms in total. The van der Waals surface area contributed by atoms with Crippen molar-refractivity contribution >= 4 is 17.5 Å². The Morgan fingerprint density at radius 2 is 1.91 bits per heavy atom. The van der Waals surface area contributed by atoms with Crippen molar-refractivity contribution in [3.63, 3.8) is 0 Å². The predicted octanol–water partition coefficient (Wildman–Crippen LogP) is 1.02. The molecule has 2 aromatic heterocycles. The lowest BCUT2D eigenvalue weighted by molar-refractivity contribution is 0.0945. The van der Waals surface area contributed by atoms with Gasteiger partial charge in [0.25, 0.3) is 11.8 Å². The second kappa shape index (κ2) is 6.27. The Morgan fingerprint density at radius 3 is 2.70 bits per heavy atom. The first-order valence-electron chi connectivity index (χ1n) is 7.06. The highest BCUT2D eigenvalue weighted by Crippen LogP contribution is 2.08. The molecule has 0 saturated heterocycles. The molecule has 3 aromatic rings. The van der Waals surface area contributed by atoms with Gasteiger partial charge in [-0.1, -0.05) is 12.1 Å². The molecular weight excluding hydrogens is 294 g/mol. The summed E-state index contributed by atoms with van der Waals surface area (Å²) in [6.45, 7) is 0.299. The van der Waals surface area contributed by atoms with Crippen LogP contribution in [0.3, 0.4) is 0 Å². The highest BCUT2D eigenvalue weighted by molar-refractivity contribution is 5.97. The van der Waals surface area contributed by atoms with E-state index in [0.29, 0.717) is 17.8 Å². The Labute approximate surface area is 132 Å². The average molecular weight is 309 g/mol. The smallest absolute Gasteiger partial charge is 0.274 e. The molecule has 0 radical (unpaired) electrons. The number of hydrogen-bond acceptors (Lipinski definition) is 4. The van der Waals surface area contributed by atoms with Gasteiger partial charge in [-0.2, -0.15) is 0 Å². The van der Waals surface area contributed by atoms with Crippen LogP contribution in [0.2, 0.25) is 0 Å². The highest BCUT2D eigenvalue weighted by atomic mass is 16.2. The number of fused-ring (bicyclic) bond motifs is 1. The second-order valence-corrected chi connectivity index (χ2v) is 4.90. The average Bonchev–Trinajstić information content (AvgIpc) is 3.07. The maximum atomic E-state index is 12.3. The van der Waals surface area contributed by atoms with Gasteiger partial charge >= 0.3 is 0 Å². The Balaban J connectivity index is 1.74. The molecule has 0 aliphatic heterocycles. The van der Waals surface area contributed by atoms with E-state index in [-0.39, 0.29) is 17.5 Å². The molecule has 0 aliphatic carbocycles. The van der Waals surface area contributed by atoms with Crippen molar-refractivity contribution in [2.24, 2.45) is 0 Å². The SMILES string of the molecule is CNC(=O)c1cccc(CNC(=O)c2nccn3ccnc23)c1. The summed E-state index contributed by atoms with van der Waals surface area (Å²) >= 11 is 0. The number of rotatable bonds is 4. The highest BCUT2D eigenvalue weighted by Gasteiger charge is 2.13. The largest absolute Gasteiger partial charge is 0.355 e. The number of hydrogen-bond donors (Lipinski definition) is 2. The number of benzene rings is 1. The minimum atomic E-state index is -0.313. The van der Waals surface area contributed by atoms with Crippen molar-refractivity contribution in [2.75, 3.05) is 7.05 Å². The molecule has 2 amide bonds. The zero-order chi connectivity index (χ0) is 16.2. The molecule has 3 rings (SSSR count). The van der Waals surface area contributed by atoms with Crippen molar-refractivity contribution in [3.05, 3.63) is 65.9 Å². The third kappa shape index (κ3) is 3.03. The quantitative estimate of drug-likeness (QED) is 0.753. The molecule has 0 bridgehead atoms. The standard InChI is InChI=1S/C16H15N5O2/c1-17-15(22)12-4-2-3-11(9-12)10-20-16(23)13-14-19-6-8-21(14)7-5-18-13/h2-9H,10H2,1H3,(H,17,22)(H,20,23). The molecule has 0 spiro atoms. The first-order valence-corrected chi connectivity index (χ1v) is 7.06. The van der Waals surface area contributed by atoms with Gasteiger partial charge in [-0.05, 0) is 17.7 Å². The summed E-state index contributed by atoms with van der Waals surface area (Å²) in [4.78, 5) is 32.1. The third-order valence-corrected chi connectivity index (χ3v) is 3.40. The number of nitrogens with one attached hydrogen (secondary N) is 2. The Hall–Kier alpha value is -3.22. The van der Waals surface area contributed by atoms with Crippen molar-refractivity contribution in [1.82, 2.24) is 25.0 Å². The summed E-state index contributed by atoms with van der Waals surface area (Å²) in [6, 6.07) is 7.08. The lowest BCUT2D eigenvalue weighted by atomic mass is 10.1. The van der Waals surface area contributed by atoms with Crippen LogP contribution in [-0.2, 0) is 6.54 Å². The first-order chi connectivity index (χ1) is 11.2. The van der Waals surface area contributed by atoms with Crippen LogP contribution in [0.4, 0.5) is 0 Å². The van der Waals surface area contributed by atoms with E-state index >= 15 is 0 Å².